The molecule has 0 saturated carbocycles. The van der Waals surface area contributed by atoms with Gasteiger partial charge in [-0.3, -0.25) is 4.79 Å². The smallest absolute Gasteiger partial charge is 0.234 e. The van der Waals surface area contributed by atoms with Crippen molar-refractivity contribution in [3.05, 3.63) is 60.2 Å². The van der Waals surface area contributed by atoms with Gasteiger partial charge in [-0.05, 0) is 57.1 Å². The van der Waals surface area contributed by atoms with Gasteiger partial charge in [0.15, 0.2) is 0 Å². The summed E-state index contributed by atoms with van der Waals surface area (Å²) in [5, 5.41) is 13.4. The third kappa shape index (κ3) is 2.39. The van der Waals surface area contributed by atoms with Gasteiger partial charge in [0.05, 0.1) is 6.54 Å². The van der Waals surface area contributed by atoms with Crippen LogP contribution >= 0.6 is 0 Å². The van der Waals surface area contributed by atoms with Crippen molar-refractivity contribution >= 4 is 38.2 Å². The van der Waals surface area contributed by atoms with Crippen LogP contribution in [0, 0.1) is 0 Å². The third-order valence-corrected chi connectivity index (χ3v) is 4.35. The quantitative estimate of drug-likeness (QED) is 0.567. The molecule has 0 saturated heterocycles. The van der Waals surface area contributed by atoms with Crippen molar-refractivity contribution in [2.45, 2.75) is 6.54 Å². The zero-order valence-electron chi connectivity index (χ0n) is 13.0. The minimum Gasteiger partial charge on any atom is -0.351 e. The molecular weight excluding hydrogens is 284 g/mol. The number of nitrogens with one attached hydrogen (secondary N) is 2. The van der Waals surface area contributed by atoms with Gasteiger partial charge in [-0.15, -0.1) is 0 Å². The van der Waals surface area contributed by atoms with Crippen molar-refractivity contribution in [3.63, 3.8) is 0 Å². The van der Waals surface area contributed by atoms with Crippen LogP contribution in [0.3, 0.4) is 0 Å². The van der Waals surface area contributed by atoms with E-state index in [4.69, 9.17) is 0 Å². The number of amides is 1. The Kier molecular flexibility index (Phi) is 3.36. The highest BCUT2D eigenvalue weighted by Gasteiger charge is 2.09. The molecule has 4 aromatic carbocycles. The molecule has 0 fully saturated rings. The van der Waals surface area contributed by atoms with Crippen molar-refractivity contribution in [3.8, 4) is 0 Å². The zero-order chi connectivity index (χ0) is 15.8. The van der Waals surface area contributed by atoms with Gasteiger partial charge in [0.1, 0.15) is 0 Å². The molecule has 2 N–H and O–H groups in total. The fraction of sp³-hybridized carbons (Fsp3) is 0.150. The summed E-state index contributed by atoms with van der Waals surface area (Å²) in [6.45, 7) is 0.894. The minimum atomic E-state index is 0.0116. The first-order chi connectivity index (χ1) is 11.3. The number of carbonyl (C=O) groups excluding carboxylic acids is 1. The van der Waals surface area contributed by atoms with E-state index in [9.17, 15) is 4.79 Å². The van der Waals surface area contributed by atoms with E-state index in [1.54, 1.807) is 7.05 Å². The Hall–Kier alpha value is -2.65. The van der Waals surface area contributed by atoms with E-state index in [1.807, 2.05) is 0 Å². The lowest BCUT2D eigenvalue weighted by atomic mass is 9.93. The van der Waals surface area contributed by atoms with Gasteiger partial charge in [0.2, 0.25) is 5.91 Å². The van der Waals surface area contributed by atoms with Crippen LogP contribution in [0.4, 0.5) is 0 Å². The number of likely N-dealkylation sites (N-methyl/N-ethyl adjacent to an activating group) is 1. The molecule has 0 aliphatic rings. The molecule has 0 spiro atoms. The van der Waals surface area contributed by atoms with Crippen LogP contribution in [0.1, 0.15) is 5.56 Å². The van der Waals surface area contributed by atoms with Crippen molar-refractivity contribution in [2.24, 2.45) is 0 Å². The predicted molar refractivity (Wildman–Crippen MR) is 95.9 cm³/mol. The number of benzene rings is 4. The molecule has 0 aliphatic heterocycles. The van der Waals surface area contributed by atoms with Crippen molar-refractivity contribution in [1.82, 2.24) is 10.6 Å². The number of carbonyl (C=O) groups is 1. The molecule has 23 heavy (non-hydrogen) atoms. The highest BCUT2D eigenvalue weighted by molar-refractivity contribution is 6.23. The lowest BCUT2D eigenvalue weighted by Gasteiger charge is -2.13. The summed E-state index contributed by atoms with van der Waals surface area (Å²) in [4.78, 5) is 11.6. The summed E-state index contributed by atoms with van der Waals surface area (Å²) in [5.41, 5.74) is 1.13. The first-order valence-electron chi connectivity index (χ1n) is 7.84. The van der Waals surface area contributed by atoms with Gasteiger partial charge in [0, 0.05) is 6.54 Å². The minimum absolute atomic E-state index is 0.0116. The largest absolute Gasteiger partial charge is 0.351 e. The maximum atomic E-state index is 11.6. The Labute approximate surface area is 134 Å². The molecule has 0 atom stereocenters. The summed E-state index contributed by atoms with van der Waals surface area (Å²) < 4.78 is 0. The molecule has 0 unspecified atom stereocenters. The van der Waals surface area contributed by atoms with Gasteiger partial charge < -0.3 is 10.6 Å². The second-order valence-electron chi connectivity index (χ2n) is 5.93. The second kappa shape index (κ2) is 5.52. The standard InChI is InChI=1S/C20H18N2O/c1-21-12-18(23)22-11-13-9-16-7-5-14-3-2-4-15-6-8-17(10-13)20(16)19(14)15/h2-10,21H,11-12H2,1H3,(H,22,23). The second-order valence-corrected chi connectivity index (χ2v) is 5.93. The van der Waals surface area contributed by atoms with E-state index in [1.165, 1.54) is 32.3 Å². The Morgan fingerprint density at radius 3 is 2.04 bits per heavy atom. The highest BCUT2D eigenvalue weighted by atomic mass is 16.1. The third-order valence-electron chi connectivity index (χ3n) is 4.35. The van der Waals surface area contributed by atoms with E-state index in [0.717, 1.165) is 5.56 Å². The summed E-state index contributed by atoms with van der Waals surface area (Å²) in [6, 6.07) is 19.5. The molecule has 0 radical (unpaired) electrons. The molecule has 114 valence electrons. The van der Waals surface area contributed by atoms with Crippen LogP contribution in [0.5, 0.6) is 0 Å². The molecule has 0 aromatic heterocycles. The Bertz CT molecular complexity index is 943. The van der Waals surface area contributed by atoms with Crippen LogP contribution in [-0.4, -0.2) is 19.5 Å². The SMILES string of the molecule is CNCC(=O)NCc1cc2ccc3cccc4ccc(c1)c2c34. The first-order valence-corrected chi connectivity index (χ1v) is 7.84. The van der Waals surface area contributed by atoms with E-state index in [2.05, 4.69) is 65.2 Å². The maximum absolute atomic E-state index is 11.6. The average molecular weight is 302 g/mol. The van der Waals surface area contributed by atoms with Gasteiger partial charge >= 0.3 is 0 Å². The maximum Gasteiger partial charge on any atom is 0.234 e. The van der Waals surface area contributed by atoms with E-state index < -0.39 is 0 Å². The van der Waals surface area contributed by atoms with Crippen LogP contribution in [0.15, 0.2) is 54.6 Å². The molecule has 0 aliphatic carbocycles. The number of rotatable bonds is 4. The summed E-state index contributed by atoms with van der Waals surface area (Å²) in [7, 11) is 1.77. The summed E-state index contributed by atoms with van der Waals surface area (Å²) >= 11 is 0. The van der Waals surface area contributed by atoms with Crippen LogP contribution in [0.2, 0.25) is 0 Å². The Morgan fingerprint density at radius 1 is 0.870 bits per heavy atom. The summed E-state index contributed by atoms with van der Waals surface area (Å²) in [5.74, 6) is 0.0116. The number of hydrogen-bond donors (Lipinski definition) is 2. The van der Waals surface area contributed by atoms with Crippen LogP contribution < -0.4 is 10.6 Å². The van der Waals surface area contributed by atoms with Crippen molar-refractivity contribution in [1.29, 1.82) is 0 Å². The van der Waals surface area contributed by atoms with E-state index in [-0.39, 0.29) is 5.91 Å². The van der Waals surface area contributed by atoms with Gasteiger partial charge in [-0.2, -0.15) is 0 Å². The molecule has 3 heteroatoms. The zero-order valence-corrected chi connectivity index (χ0v) is 13.0. The normalized spacial score (nSPS) is 11.5. The highest BCUT2D eigenvalue weighted by Crippen LogP contribution is 2.34. The lowest BCUT2D eigenvalue weighted by Crippen LogP contribution is -2.31. The average Bonchev–Trinajstić information content (AvgIpc) is 2.58. The predicted octanol–water partition coefficient (Wildman–Crippen LogP) is 3.42. The fourth-order valence-corrected chi connectivity index (χ4v) is 3.34. The monoisotopic (exact) mass is 302 g/mol. The van der Waals surface area contributed by atoms with E-state index >= 15 is 0 Å². The molecular formula is C20H18N2O. The van der Waals surface area contributed by atoms with Gasteiger partial charge in [-0.25, -0.2) is 0 Å². The fourth-order valence-electron chi connectivity index (χ4n) is 3.34. The molecule has 0 heterocycles. The molecule has 3 nitrogen and oxygen atoms in total. The first kappa shape index (κ1) is 14.0. The lowest BCUT2D eigenvalue weighted by molar-refractivity contribution is -0.120. The summed E-state index contributed by atoms with van der Waals surface area (Å²) in [6.07, 6.45) is 0. The Morgan fingerprint density at radius 2 is 1.43 bits per heavy atom. The molecule has 0 bridgehead atoms. The molecule has 4 rings (SSSR count). The van der Waals surface area contributed by atoms with Gasteiger partial charge in [-0.1, -0.05) is 42.5 Å². The van der Waals surface area contributed by atoms with E-state index in [0.29, 0.717) is 13.1 Å². The van der Waals surface area contributed by atoms with Crippen LogP contribution in [-0.2, 0) is 11.3 Å². The Balaban J connectivity index is 1.82. The topological polar surface area (TPSA) is 41.1 Å². The molecule has 1 amide bonds. The number of hydrogen-bond acceptors (Lipinski definition) is 2. The molecule has 4 aromatic rings. The van der Waals surface area contributed by atoms with Crippen molar-refractivity contribution < 1.29 is 4.79 Å². The van der Waals surface area contributed by atoms with Crippen LogP contribution in [0.25, 0.3) is 32.3 Å². The van der Waals surface area contributed by atoms with Gasteiger partial charge in [0.25, 0.3) is 0 Å². The van der Waals surface area contributed by atoms with Crippen molar-refractivity contribution in [2.75, 3.05) is 13.6 Å².